The number of benzene rings is 1. The topological polar surface area (TPSA) is 102 Å². The molecule has 32 heavy (non-hydrogen) atoms. The summed E-state index contributed by atoms with van der Waals surface area (Å²) in [6, 6.07) is 6.49. The Labute approximate surface area is 192 Å². The smallest absolute Gasteiger partial charge is 0.341 e. The van der Waals surface area contributed by atoms with Gasteiger partial charge in [0.15, 0.2) is 0 Å². The van der Waals surface area contributed by atoms with Crippen LogP contribution in [0.25, 0.3) is 0 Å². The fraction of sp³-hybridized carbons (Fsp3) is 0.455. The highest BCUT2D eigenvalue weighted by Gasteiger charge is 2.28. The van der Waals surface area contributed by atoms with E-state index in [4.69, 9.17) is 9.47 Å². The second-order valence-electron chi connectivity index (χ2n) is 7.38. The standard InChI is InChI=1S/C22H28N2O6S2/c1-4-29-16-12-10-15(11-13-16)24(32(3,27)28)14-19(25)23-21-20(22(26)30-5-2)17-8-6-7-9-18(17)31-21/h10-13H,4-9,14H2,1-3H3,(H,23,25). The number of carbonyl (C=O) groups is 2. The van der Waals surface area contributed by atoms with Crippen molar-refractivity contribution in [2.45, 2.75) is 39.5 Å². The van der Waals surface area contributed by atoms with E-state index in [1.807, 2.05) is 6.92 Å². The number of rotatable bonds is 9. The van der Waals surface area contributed by atoms with Crippen molar-refractivity contribution in [3.8, 4) is 5.75 Å². The summed E-state index contributed by atoms with van der Waals surface area (Å²) in [6.07, 6.45) is 4.66. The number of thiophene rings is 1. The summed E-state index contributed by atoms with van der Waals surface area (Å²) >= 11 is 1.37. The monoisotopic (exact) mass is 480 g/mol. The molecule has 174 valence electrons. The van der Waals surface area contributed by atoms with E-state index in [9.17, 15) is 18.0 Å². The number of hydrogen-bond acceptors (Lipinski definition) is 7. The van der Waals surface area contributed by atoms with Crippen molar-refractivity contribution in [1.82, 2.24) is 0 Å². The number of amides is 1. The summed E-state index contributed by atoms with van der Waals surface area (Å²) in [6.45, 7) is 3.89. The number of sulfonamides is 1. The predicted molar refractivity (Wildman–Crippen MR) is 125 cm³/mol. The van der Waals surface area contributed by atoms with Crippen molar-refractivity contribution in [2.24, 2.45) is 0 Å². The lowest BCUT2D eigenvalue weighted by molar-refractivity contribution is -0.114. The van der Waals surface area contributed by atoms with Crippen LogP contribution in [-0.4, -0.2) is 46.3 Å². The molecule has 1 aliphatic carbocycles. The van der Waals surface area contributed by atoms with Gasteiger partial charge < -0.3 is 14.8 Å². The zero-order chi connectivity index (χ0) is 23.3. The van der Waals surface area contributed by atoms with Crippen LogP contribution in [0.3, 0.4) is 0 Å². The van der Waals surface area contributed by atoms with Crippen molar-refractivity contribution in [3.05, 3.63) is 40.3 Å². The number of anilines is 2. The molecule has 1 heterocycles. The van der Waals surface area contributed by atoms with Gasteiger partial charge in [0.2, 0.25) is 15.9 Å². The van der Waals surface area contributed by atoms with Crippen molar-refractivity contribution >= 4 is 43.9 Å². The Morgan fingerprint density at radius 3 is 2.41 bits per heavy atom. The molecule has 0 unspecified atom stereocenters. The highest BCUT2D eigenvalue weighted by molar-refractivity contribution is 7.92. The molecule has 0 saturated heterocycles. The van der Waals surface area contributed by atoms with Gasteiger partial charge >= 0.3 is 5.97 Å². The van der Waals surface area contributed by atoms with Crippen molar-refractivity contribution in [2.75, 3.05) is 35.6 Å². The maximum atomic E-state index is 12.9. The lowest BCUT2D eigenvalue weighted by Gasteiger charge is -2.22. The number of nitrogens with one attached hydrogen (secondary N) is 1. The lowest BCUT2D eigenvalue weighted by atomic mass is 9.95. The minimum Gasteiger partial charge on any atom is -0.494 e. The molecule has 10 heteroatoms. The molecule has 0 saturated carbocycles. The second kappa shape index (κ2) is 10.4. The molecule has 1 aliphatic rings. The SMILES string of the molecule is CCOC(=O)c1c(NC(=O)CN(c2ccc(OCC)cc2)S(C)(=O)=O)sc2c1CCCC2. The lowest BCUT2D eigenvalue weighted by Crippen LogP contribution is -2.37. The normalized spacial score (nSPS) is 13.2. The van der Waals surface area contributed by atoms with Crippen LogP contribution in [0.1, 0.15) is 47.5 Å². The Kier molecular flexibility index (Phi) is 7.78. The van der Waals surface area contributed by atoms with E-state index >= 15 is 0 Å². The first kappa shape index (κ1) is 24.1. The average molecular weight is 481 g/mol. The Morgan fingerprint density at radius 1 is 1.09 bits per heavy atom. The van der Waals surface area contributed by atoms with Gasteiger partial charge in [-0.25, -0.2) is 13.2 Å². The number of ether oxygens (including phenoxy) is 2. The maximum absolute atomic E-state index is 12.9. The maximum Gasteiger partial charge on any atom is 0.341 e. The van der Waals surface area contributed by atoms with E-state index in [0.717, 1.165) is 46.7 Å². The Balaban J connectivity index is 1.84. The zero-order valence-electron chi connectivity index (χ0n) is 18.5. The van der Waals surface area contributed by atoms with E-state index in [-0.39, 0.29) is 6.61 Å². The molecule has 0 aliphatic heterocycles. The minimum atomic E-state index is -3.72. The first-order valence-electron chi connectivity index (χ1n) is 10.6. The molecule has 0 bridgehead atoms. The van der Waals surface area contributed by atoms with Crippen LogP contribution in [0.2, 0.25) is 0 Å². The van der Waals surface area contributed by atoms with Crippen LogP contribution in [0.15, 0.2) is 24.3 Å². The van der Waals surface area contributed by atoms with Gasteiger partial charge in [0.25, 0.3) is 0 Å². The fourth-order valence-corrected chi connectivity index (χ4v) is 5.80. The summed E-state index contributed by atoms with van der Waals surface area (Å²) in [5.41, 5.74) is 1.68. The molecule has 0 radical (unpaired) electrons. The van der Waals surface area contributed by atoms with Crippen LogP contribution in [0.4, 0.5) is 10.7 Å². The number of hydrogen-bond donors (Lipinski definition) is 1. The third-order valence-corrected chi connectivity index (χ3v) is 7.37. The zero-order valence-corrected chi connectivity index (χ0v) is 20.1. The number of fused-ring (bicyclic) bond motifs is 1. The third-order valence-electron chi connectivity index (χ3n) is 5.03. The molecule has 1 N–H and O–H groups in total. The number of carbonyl (C=O) groups excluding carboxylic acids is 2. The van der Waals surface area contributed by atoms with Gasteiger partial charge in [-0.3, -0.25) is 9.10 Å². The van der Waals surface area contributed by atoms with Crippen molar-refractivity contribution < 1.29 is 27.5 Å². The molecular formula is C22H28N2O6S2. The summed E-state index contributed by atoms with van der Waals surface area (Å²) in [7, 11) is -3.72. The molecule has 1 aromatic carbocycles. The van der Waals surface area contributed by atoms with Gasteiger partial charge in [0.05, 0.1) is 30.7 Å². The van der Waals surface area contributed by atoms with E-state index in [1.165, 1.54) is 11.3 Å². The molecule has 2 aromatic rings. The predicted octanol–water partition coefficient (Wildman–Crippen LogP) is 3.61. The van der Waals surface area contributed by atoms with Crippen LogP contribution >= 0.6 is 11.3 Å². The van der Waals surface area contributed by atoms with Crippen molar-refractivity contribution in [1.29, 1.82) is 0 Å². The van der Waals surface area contributed by atoms with Crippen LogP contribution in [-0.2, 0) is 32.4 Å². The first-order valence-corrected chi connectivity index (χ1v) is 13.2. The first-order chi connectivity index (χ1) is 15.2. The van der Waals surface area contributed by atoms with Crippen LogP contribution < -0.4 is 14.4 Å². The second-order valence-corrected chi connectivity index (χ2v) is 10.4. The minimum absolute atomic E-state index is 0.233. The summed E-state index contributed by atoms with van der Waals surface area (Å²) in [4.78, 5) is 26.5. The number of esters is 1. The van der Waals surface area contributed by atoms with Gasteiger partial charge in [-0.15, -0.1) is 11.3 Å². The number of aryl methyl sites for hydroxylation is 1. The van der Waals surface area contributed by atoms with E-state index in [2.05, 4.69) is 5.32 Å². The summed E-state index contributed by atoms with van der Waals surface area (Å²) in [5, 5.41) is 3.18. The molecule has 0 fully saturated rings. The average Bonchev–Trinajstić information content (AvgIpc) is 3.10. The van der Waals surface area contributed by atoms with Gasteiger partial charge in [-0.1, -0.05) is 0 Å². The Hall–Kier alpha value is -2.59. The molecule has 3 rings (SSSR count). The van der Waals surface area contributed by atoms with E-state index in [0.29, 0.717) is 28.6 Å². The quantitative estimate of drug-likeness (QED) is 0.550. The van der Waals surface area contributed by atoms with Gasteiger partial charge in [0.1, 0.15) is 17.3 Å². The van der Waals surface area contributed by atoms with Crippen molar-refractivity contribution in [3.63, 3.8) is 0 Å². The van der Waals surface area contributed by atoms with Gasteiger partial charge in [-0.05, 0) is 69.4 Å². The van der Waals surface area contributed by atoms with Gasteiger partial charge in [-0.2, -0.15) is 0 Å². The molecule has 1 aromatic heterocycles. The van der Waals surface area contributed by atoms with Crippen LogP contribution in [0.5, 0.6) is 5.75 Å². The largest absolute Gasteiger partial charge is 0.494 e. The Bertz CT molecular complexity index is 1080. The number of nitrogens with zero attached hydrogens (tertiary/aromatic N) is 1. The summed E-state index contributed by atoms with van der Waals surface area (Å²) in [5.74, 6) is -0.389. The highest BCUT2D eigenvalue weighted by atomic mass is 32.2. The Morgan fingerprint density at radius 2 is 1.78 bits per heavy atom. The molecule has 0 spiro atoms. The highest BCUT2D eigenvalue weighted by Crippen LogP contribution is 2.38. The van der Waals surface area contributed by atoms with Gasteiger partial charge in [0, 0.05) is 4.88 Å². The molecular weight excluding hydrogens is 452 g/mol. The third kappa shape index (κ3) is 5.60. The summed E-state index contributed by atoms with van der Waals surface area (Å²) < 4.78 is 36.4. The fourth-order valence-electron chi connectivity index (χ4n) is 3.65. The van der Waals surface area contributed by atoms with Crippen LogP contribution in [0, 0.1) is 0 Å². The van der Waals surface area contributed by atoms with E-state index in [1.54, 1.807) is 31.2 Å². The molecule has 0 atom stereocenters. The molecule has 1 amide bonds. The molecule has 8 nitrogen and oxygen atoms in total. The van der Waals surface area contributed by atoms with E-state index < -0.39 is 28.4 Å².